The van der Waals surface area contributed by atoms with Crippen LogP contribution in [-0.2, 0) is 12.5 Å². The van der Waals surface area contributed by atoms with Crippen LogP contribution >= 0.6 is 0 Å². The molecule has 0 saturated heterocycles. The zero-order valence-electron chi connectivity index (χ0n) is 6.53. The number of halogens is 4. The normalized spacial score (nSPS) is 11.7. The van der Waals surface area contributed by atoms with Gasteiger partial charge in [-0.15, -0.1) is 0 Å². The molecule has 0 fully saturated rings. The summed E-state index contributed by atoms with van der Waals surface area (Å²) in [5.74, 6) is -1.27. The fourth-order valence-corrected chi connectivity index (χ4v) is 0.917. The molecule has 0 nitrogen and oxygen atoms in total. The molecule has 0 N–H and O–H groups in total. The number of hydrogen-bond acceptors (Lipinski definition) is 0. The van der Waals surface area contributed by atoms with Crippen LogP contribution in [0.5, 0.6) is 0 Å². The molecule has 2 radical (unpaired) electrons. The third kappa shape index (κ3) is 2.23. The minimum Gasteiger partial charge on any atom is -0.206 e. The molecule has 0 atom stereocenters. The second-order valence-corrected chi connectivity index (χ2v) is 2.52. The lowest BCUT2D eigenvalue weighted by Gasteiger charge is -2.08. The largest absolute Gasteiger partial charge is 0.419 e. The first-order valence-corrected chi connectivity index (χ1v) is 3.51. The Morgan fingerprint density at radius 1 is 1.23 bits per heavy atom. The van der Waals surface area contributed by atoms with E-state index in [1.165, 1.54) is 6.07 Å². The molecule has 68 valence electrons. The van der Waals surface area contributed by atoms with Gasteiger partial charge >= 0.3 is 6.18 Å². The van der Waals surface area contributed by atoms with Crippen molar-refractivity contribution < 1.29 is 17.6 Å². The van der Waals surface area contributed by atoms with Crippen LogP contribution in [0.15, 0.2) is 18.2 Å². The van der Waals surface area contributed by atoms with Crippen LogP contribution in [0.4, 0.5) is 17.6 Å². The van der Waals surface area contributed by atoms with Gasteiger partial charge in [-0.2, -0.15) is 13.2 Å². The average molecular weight is 188 g/mol. The number of hydrogen-bond donors (Lipinski definition) is 0. The standard InChI is InChI=1S/C8H5BF4/c9-4-5-1-2-7(10)6(3-5)8(11,12)13/h1-3H,4H2. The van der Waals surface area contributed by atoms with Gasteiger partial charge in [0.2, 0.25) is 0 Å². The van der Waals surface area contributed by atoms with Crippen molar-refractivity contribution in [3.63, 3.8) is 0 Å². The minimum absolute atomic E-state index is 0.0383. The highest BCUT2D eigenvalue weighted by Crippen LogP contribution is 2.31. The first-order chi connectivity index (χ1) is 5.95. The molecule has 0 saturated carbocycles. The summed E-state index contributed by atoms with van der Waals surface area (Å²) in [7, 11) is 5.12. The highest BCUT2D eigenvalue weighted by molar-refractivity contribution is 6.08. The van der Waals surface area contributed by atoms with Gasteiger partial charge in [-0.1, -0.05) is 17.9 Å². The van der Waals surface area contributed by atoms with E-state index in [9.17, 15) is 17.6 Å². The number of rotatable bonds is 1. The molecule has 0 amide bonds. The molecule has 1 aromatic carbocycles. The van der Waals surface area contributed by atoms with Crippen LogP contribution in [0.3, 0.4) is 0 Å². The van der Waals surface area contributed by atoms with Crippen molar-refractivity contribution in [1.82, 2.24) is 0 Å². The second-order valence-electron chi connectivity index (χ2n) is 2.52. The zero-order valence-corrected chi connectivity index (χ0v) is 6.53. The van der Waals surface area contributed by atoms with Crippen molar-refractivity contribution in [2.75, 3.05) is 0 Å². The van der Waals surface area contributed by atoms with E-state index in [1.807, 2.05) is 0 Å². The van der Waals surface area contributed by atoms with Crippen LogP contribution in [0.2, 0.25) is 0 Å². The molecule has 0 spiro atoms. The predicted octanol–water partition coefficient (Wildman–Crippen LogP) is 2.51. The third-order valence-corrected chi connectivity index (χ3v) is 1.57. The molecule has 0 aliphatic carbocycles. The van der Waals surface area contributed by atoms with Crippen molar-refractivity contribution in [3.05, 3.63) is 35.1 Å². The van der Waals surface area contributed by atoms with E-state index in [2.05, 4.69) is 0 Å². The molecule has 0 heterocycles. The van der Waals surface area contributed by atoms with Gasteiger partial charge in [-0.3, -0.25) is 0 Å². The van der Waals surface area contributed by atoms with Gasteiger partial charge in [0.15, 0.2) is 0 Å². The van der Waals surface area contributed by atoms with E-state index < -0.39 is 17.6 Å². The van der Waals surface area contributed by atoms with Gasteiger partial charge in [0.05, 0.1) is 13.4 Å². The Morgan fingerprint density at radius 2 is 1.85 bits per heavy atom. The smallest absolute Gasteiger partial charge is 0.206 e. The van der Waals surface area contributed by atoms with Crippen LogP contribution in [0.25, 0.3) is 0 Å². The SMILES string of the molecule is [B]Cc1ccc(F)c(C(F)(F)F)c1. The quantitative estimate of drug-likeness (QED) is 0.469. The maximum absolute atomic E-state index is 12.6. The van der Waals surface area contributed by atoms with Gasteiger partial charge in [-0.25, -0.2) is 4.39 Å². The molecule has 13 heavy (non-hydrogen) atoms. The fourth-order valence-electron chi connectivity index (χ4n) is 0.917. The molecule has 1 rings (SSSR count). The van der Waals surface area contributed by atoms with E-state index in [0.717, 1.165) is 12.1 Å². The summed E-state index contributed by atoms with van der Waals surface area (Å²) in [6.45, 7) is 0. The molecule has 1 aromatic rings. The van der Waals surface area contributed by atoms with E-state index in [1.54, 1.807) is 0 Å². The van der Waals surface area contributed by atoms with Crippen LogP contribution in [0, 0.1) is 5.82 Å². The summed E-state index contributed by atoms with van der Waals surface area (Å²) in [6.07, 6.45) is -4.70. The Hall–Kier alpha value is -0.995. The lowest BCUT2D eigenvalue weighted by Crippen LogP contribution is -2.08. The third-order valence-electron chi connectivity index (χ3n) is 1.57. The molecule has 0 aliphatic rings. The maximum atomic E-state index is 12.6. The van der Waals surface area contributed by atoms with Gasteiger partial charge in [0, 0.05) is 0 Å². The predicted molar refractivity (Wildman–Crippen MR) is 40.9 cm³/mol. The van der Waals surface area contributed by atoms with Gasteiger partial charge in [0.1, 0.15) is 5.82 Å². The Morgan fingerprint density at radius 3 is 2.31 bits per heavy atom. The van der Waals surface area contributed by atoms with Crippen molar-refractivity contribution in [2.24, 2.45) is 0 Å². The summed E-state index contributed by atoms with van der Waals surface area (Å²) in [4.78, 5) is 0. The van der Waals surface area contributed by atoms with Crippen molar-refractivity contribution in [1.29, 1.82) is 0 Å². The highest BCUT2D eigenvalue weighted by atomic mass is 19.4. The summed E-state index contributed by atoms with van der Waals surface area (Å²) in [5, 5.41) is 0. The lowest BCUT2D eigenvalue weighted by atomic mass is 9.95. The summed E-state index contributed by atoms with van der Waals surface area (Å²) in [6, 6.07) is 2.71. The Kier molecular flexibility index (Phi) is 2.64. The lowest BCUT2D eigenvalue weighted by molar-refractivity contribution is -0.140. The summed E-state index contributed by atoms with van der Waals surface area (Å²) in [5.41, 5.74) is -1.01. The highest BCUT2D eigenvalue weighted by Gasteiger charge is 2.33. The Labute approximate surface area is 74.0 Å². The molecule has 0 unspecified atom stereocenters. The topological polar surface area (TPSA) is 0 Å². The van der Waals surface area contributed by atoms with E-state index >= 15 is 0 Å². The minimum atomic E-state index is -4.66. The molecule has 0 bridgehead atoms. The molecular formula is C8H5BF4. The molecule has 5 heteroatoms. The van der Waals surface area contributed by atoms with Crippen LogP contribution < -0.4 is 0 Å². The molecular weight excluding hydrogens is 183 g/mol. The first-order valence-electron chi connectivity index (χ1n) is 3.51. The summed E-state index contributed by atoms with van der Waals surface area (Å²) >= 11 is 0. The second kappa shape index (κ2) is 3.40. The zero-order chi connectivity index (χ0) is 10.1. The Balaban J connectivity index is 3.19. The summed E-state index contributed by atoms with van der Waals surface area (Å²) < 4.78 is 48.9. The van der Waals surface area contributed by atoms with Crippen molar-refractivity contribution >= 4 is 7.85 Å². The monoisotopic (exact) mass is 188 g/mol. The van der Waals surface area contributed by atoms with Crippen LogP contribution in [0.1, 0.15) is 11.1 Å². The average Bonchev–Trinajstić information content (AvgIpc) is 2.03. The van der Waals surface area contributed by atoms with Gasteiger partial charge in [0.25, 0.3) is 0 Å². The van der Waals surface area contributed by atoms with E-state index in [0.29, 0.717) is 0 Å². The first kappa shape index (κ1) is 10.1. The van der Waals surface area contributed by atoms with Crippen molar-refractivity contribution in [3.8, 4) is 0 Å². The van der Waals surface area contributed by atoms with E-state index in [4.69, 9.17) is 7.85 Å². The van der Waals surface area contributed by atoms with Gasteiger partial charge < -0.3 is 0 Å². The molecule has 0 aliphatic heterocycles. The molecule has 0 aromatic heterocycles. The van der Waals surface area contributed by atoms with E-state index in [-0.39, 0.29) is 11.9 Å². The number of alkyl halides is 3. The maximum Gasteiger partial charge on any atom is 0.419 e. The Bertz CT molecular complexity index is 306. The fraction of sp³-hybridized carbons (Fsp3) is 0.250. The van der Waals surface area contributed by atoms with Crippen LogP contribution in [-0.4, -0.2) is 7.85 Å². The van der Waals surface area contributed by atoms with Crippen molar-refractivity contribution in [2.45, 2.75) is 12.5 Å². The van der Waals surface area contributed by atoms with Gasteiger partial charge in [-0.05, 0) is 12.1 Å². The number of benzene rings is 1.